The second-order valence-electron chi connectivity index (χ2n) is 4.00. The van der Waals surface area contributed by atoms with E-state index >= 15 is 0 Å². The lowest BCUT2D eigenvalue weighted by Gasteiger charge is -2.24. The van der Waals surface area contributed by atoms with Gasteiger partial charge in [0.25, 0.3) is 0 Å². The van der Waals surface area contributed by atoms with Crippen LogP contribution in [0.3, 0.4) is 0 Å². The molecule has 3 heterocycles. The first-order chi connectivity index (χ1) is 7.45. The molecule has 1 saturated heterocycles. The fraction of sp³-hybridized carbons (Fsp3) is 0.455. The monoisotopic (exact) mass is 202 g/mol. The van der Waals surface area contributed by atoms with Crippen molar-refractivity contribution in [2.45, 2.75) is 18.9 Å². The van der Waals surface area contributed by atoms with Crippen molar-refractivity contribution in [3.8, 4) is 0 Å². The van der Waals surface area contributed by atoms with Crippen molar-refractivity contribution in [3.05, 3.63) is 24.8 Å². The van der Waals surface area contributed by atoms with Crippen LogP contribution >= 0.6 is 0 Å². The van der Waals surface area contributed by atoms with Gasteiger partial charge in [0.1, 0.15) is 0 Å². The van der Waals surface area contributed by atoms with Gasteiger partial charge in [-0.2, -0.15) is 0 Å². The lowest BCUT2D eigenvalue weighted by Crippen LogP contribution is -2.29. The predicted molar refractivity (Wildman–Crippen MR) is 58.7 cm³/mol. The molecular formula is C11H14N4. The van der Waals surface area contributed by atoms with Crippen LogP contribution in [0.4, 0.5) is 0 Å². The standard InChI is InChI=1S/C11H14N4/c1-4-12-5-2-9(1)15-8-14-10-3-6-13-7-11(10)15/h3,6-9,12H,1-2,4-5H2. The van der Waals surface area contributed by atoms with Gasteiger partial charge in [-0.15, -0.1) is 0 Å². The van der Waals surface area contributed by atoms with E-state index in [4.69, 9.17) is 0 Å². The van der Waals surface area contributed by atoms with E-state index < -0.39 is 0 Å². The molecule has 0 aromatic carbocycles. The molecule has 1 N–H and O–H groups in total. The summed E-state index contributed by atoms with van der Waals surface area (Å²) in [5.41, 5.74) is 2.20. The van der Waals surface area contributed by atoms with Gasteiger partial charge in [-0.1, -0.05) is 0 Å². The van der Waals surface area contributed by atoms with Gasteiger partial charge < -0.3 is 9.88 Å². The molecule has 0 bridgehead atoms. The Balaban J connectivity index is 2.02. The Labute approximate surface area is 88.3 Å². The molecule has 2 aromatic heterocycles. The maximum Gasteiger partial charge on any atom is 0.0961 e. The van der Waals surface area contributed by atoms with Gasteiger partial charge in [-0.3, -0.25) is 4.98 Å². The smallest absolute Gasteiger partial charge is 0.0961 e. The lowest BCUT2D eigenvalue weighted by molar-refractivity contribution is 0.374. The third kappa shape index (κ3) is 1.51. The highest BCUT2D eigenvalue weighted by Gasteiger charge is 2.16. The first kappa shape index (κ1) is 8.85. The molecule has 3 rings (SSSR count). The van der Waals surface area contributed by atoms with Gasteiger partial charge in [0.05, 0.1) is 23.6 Å². The largest absolute Gasteiger partial charge is 0.326 e. The highest BCUT2D eigenvalue weighted by atomic mass is 15.1. The van der Waals surface area contributed by atoms with Crippen molar-refractivity contribution in [1.29, 1.82) is 0 Å². The SMILES string of the molecule is c1cc2ncn(C3CCNCC3)c2cn1. The van der Waals surface area contributed by atoms with Crippen molar-refractivity contribution >= 4 is 11.0 Å². The Morgan fingerprint density at radius 3 is 3.07 bits per heavy atom. The second-order valence-corrected chi connectivity index (χ2v) is 4.00. The van der Waals surface area contributed by atoms with Crippen LogP contribution in [0.15, 0.2) is 24.8 Å². The van der Waals surface area contributed by atoms with Crippen molar-refractivity contribution in [1.82, 2.24) is 19.9 Å². The van der Waals surface area contributed by atoms with Crippen molar-refractivity contribution in [2.75, 3.05) is 13.1 Å². The minimum absolute atomic E-state index is 0.584. The van der Waals surface area contributed by atoms with Gasteiger partial charge in [0, 0.05) is 12.2 Å². The molecule has 15 heavy (non-hydrogen) atoms. The molecule has 1 aliphatic rings. The Morgan fingerprint density at radius 2 is 2.20 bits per heavy atom. The first-order valence-corrected chi connectivity index (χ1v) is 5.42. The number of aromatic nitrogens is 3. The Morgan fingerprint density at radius 1 is 1.33 bits per heavy atom. The van der Waals surface area contributed by atoms with Crippen LogP contribution in [0.5, 0.6) is 0 Å². The van der Waals surface area contributed by atoms with E-state index in [2.05, 4.69) is 19.9 Å². The Hall–Kier alpha value is -1.42. The minimum Gasteiger partial charge on any atom is -0.326 e. The van der Waals surface area contributed by atoms with E-state index in [1.165, 1.54) is 12.8 Å². The van der Waals surface area contributed by atoms with Crippen LogP contribution < -0.4 is 5.32 Å². The second kappa shape index (κ2) is 3.62. The molecule has 0 amide bonds. The maximum absolute atomic E-state index is 4.40. The lowest BCUT2D eigenvalue weighted by atomic mass is 10.1. The summed E-state index contributed by atoms with van der Waals surface area (Å²) in [7, 11) is 0. The summed E-state index contributed by atoms with van der Waals surface area (Å²) in [6.45, 7) is 2.20. The number of hydrogen-bond donors (Lipinski definition) is 1. The topological polar surface area (TPSA) is 42.7 Å². The van der Waals surface area contributed by atoms with Gasteiger partial charge in [-0.25, -0.2) is 4.98 Å². The van der Waals surface area contributed by atoms with Gasteiger partial charge in [0.2, 0.25) is 0 Å². The molecule has 78 valence electrons. The van der Waals surface area contributed by atoms with Crippen LogP contribution in [0.2, 0.25) is 0 Å². The highest BCUT2D eigenvalue weighted by Crippen LogP contribution is 2.23. The average Bonchev–Trinajstić information content (AvgIpc) is 2.74. The summed E-state index contributed by atoms with van der Waals surface area (Å²) >= 11 is 0. The van der Waals surface area contributed by atoms with Crippen molar-refractivity contribution in [2.24, 2.45) is 0 Å². The molecule has 0 unspecified atom stereocenters. The number of nitrogens with one attached hydrogen (secondary N) is 1. The molecule has 2 aromatic rings. The summed E-state index contributed by atoms with van der Waals surface area (Å²) in [5.74, 6) is 0. The normalized spacial score (nSPS) is 18.4. The molecule has 4 heteroatoms. The molecule has 0 radical (unpaired) electrons. The summed E-state index contributed by atoms with van der Waals surface area (Å²) < 4.78 is 2.27. The molecular weight excluding hydrogens is 188 g/mol. The third-order valence-electron chi connectivity index (χ3n) is 3.08. The zero-order valence-electron chi connectivity index (χ0n) is 8.56. The molecule has 1 aliphatic heterocycles. The van der Waals surface area contributed by atoms with Crippen LogP contribution in [0, 0.1) is 0 Å². The number of piperidine rings is 1. The van der Waals surface area contributed by atoms with E-state index in [9.17, 15) is 0 Å². The van der Waals surface area contributed by atoms with Gasteiger partial charge >= 0.3 is 0 Å². The van der Waals surface area contributed by atoms with Crippen molar-refractivity contribution < 1.29 is 0 Å². The highest BCUT2D eigenvalue weighted by molar-refractivity contribution is 5.73. The van der Waals surface area contributed by atoms with E-state index in [0.717, 1.165) is 24.1 Å². The van der Waals surface area contributed by atoms with Gasteiger partial charge in [0.15, 0.2) is 0 Å². The first-order valence-electron chi connectivity index (χ1n) is 5.42. The van der Waals surface area contributed by atoms with Crippen LogP contribution in [-0.4, -0.2) is 27.6 Å². The average molecular weight is 202 g/mol. The summed E-state index contributed by atoms with van der Waals surface area (Å²) in [6, 6.07) is 2.55. The molecule has 4 nitrogen and oxygen atoms in total. The van der Waals surface area contributed by atoms with Crippen LogP contribution in [0.25, 0.3) is 11.0 Å². The number of pyridine rings is 1. The number of imidazole rings is 1. The Bertz CT molecular complexity index is 456. The number of nitrogens with zero attached hydrogens (tertiary/aromatic N) is 3. The van der Waals surface area contributed by atoms with E-state index in [-0.39, 0.29) is 0 Å². The van der Waals surface area contributed by atoms with E-state index in [0.29, 0.717) is 6.04 Å². The minimum atomic E-state index is 0.584. The summed E-state index contributed by atoms with van der Waals surface area (Å²) in [4.78, 5) is 8.56. The predicted octanol–water partition coefficient (Wildman–Crippen LogP) is 1.36. The number of hydrogen-bond acceptors (Lipinski definition) is 3. The fourth-order valence-corrected chi connectivity index (χ4v) is 2.25. The molecule has 0 atom stereocenters. The van der Waals surface area contributed by atoms with E-state index in [1.807, 2.05) is 18.6 Å². The molecule has 0 spiro atoms. The van der Waals surface area contributed by atoms with E-state index in [1.54, 1.807) is 6.20 Å². The molecule has 0 aliphatic carbocycles. The molecule has 0 saturated carbocycles. The zero-order chi connectivity index (χ0) is 10.1. The third-order valence-corrected chi connectivity index (χ3v) is 3.08. The molecule has 1 fully saturated rings. The van der Waals surface area contributed by atoms with Crippen molar-refractivity contribution in [3.63, 3.8) is 0 Å². The number of rotatable bonds is 1. The summed E-state index contributed by atoms with van der Waals surface area (Å²) in [5, 5.41) is 3.38. The zero-order valence-corrected chi connectivity index (χ0v) is 8.56. The maximum atomic E-state index is 4.40. The van der Waals surface area contributed by atoms with Crippen LogP contribution in [-0.2, 0) is 0 Å². The fourth-order valence-electron chi connectivity index (χ4n) is 2.25. The summed E-state index contributed by atoms with van der Waals surface area (Å²) in [6.07, 6.45) is 8.01. The number of fused-ring (bicyclic) bond motifs is 1. The Kier molecular flexibility index (Phi) is 2.14. The van der Waals surface area contributed by atoms with Crippen LogP contribution in [0.1, 0.15) is 18.9 Å². The quantitative estimate of drug-likeness (QED) is 0.759. The van der Waals surface area contributed by atoms with Gasteiger partial charge in [-0.05, 0) is 32.0 Å².